The second kappa shape index (κ2) is 4.18. The average Bonchev–Trinajstić information content (AvgIpc) is 2.00. The van der Waals surface area contributed by atoms with Crippen molar-refractivity contribution in [1.82, 2.24) is 0 Å². The van der Waals surface area contributed by atoms with E-state index in [0.29, 0.717) is 5.92 Å². The second-order valence-electron chi connectivity index (χ2n) is 3.32. The number of Topliss-reactive ketones (excluding diaryl/α,β-unsaturated/α-hetero) is 1. The Kier molecular flexibility index (Phi) is 3.89. The Balaban J connectivity index is 4.16. The van der Waals surface area contributed by atoms with E-state index in [2.05, 4.69) is 5.92 Å². The van der Waals surface area contributed by atoms with Crippen LogP contribution in [0.4, 0.5) is 0 Å². The first-order chi connectivity index (χ1) is 5.00. The summed E-state index contributed by atoms with van der Waals surface area (Å²) in [4.78, 5) is 11.4. The molecule has 0 aromatic heterocycles. The van der Waals surface area contributed by atoms with Crippen LogP contribution < -0.4 is 0 Å². The highest BCUT2D eigenvalue weighted by Crippen LogP contribution is 2.14. The fourth-order valence-corrected chi connectivity index (χ4v) is 0.805. The van der Waals surface area contributed by atoms with Crippen LogP contribution in [0.2, 0.25) is 0 Å². The summed E-state index contributed by atoms with van der Waals surface area (Å²) >= 11 is 0. The average molecular weight is 152 g/mol. The smallest absolute Gasteiger partial charge is 0.150 e. The monoisotopic (exact) mass is 152 g/mol. The van der Waals surface area contributed by atoms with Gasteiger partial charge in [-0.2, -0.15) is 0 Å². The summed E-state index contributed by atoms with van der Waals surface area (Å²) in [5.74, 6) is 2.88. The van der Waals surface area contributed by atoms with E-state index >= 15 is 0 Å². The largest absolute Gasteiger partial charge is 0.298 e. The molecular weight excluding hydrogens is 136 g/mol. The molecule has 2 atom stereocenters. The molecule has 0 spiro atoms. The molecule has 0 aromatic rings. The highest BCUT2D eigenvalue weighted by molar-refractivity contribution is 5.85. The number of hydrogen-bond donors (Lipinski definition) is 0. The summed E-state index contributed by atoms with van der Waals surface area (Å²) in [5, 5.41) is 0. The molecule has 0 unspecified atom stereocenters. The topological polar surface area (TPSA) is 17.1 Å². The third-order valence-electron chi connectivity index (χ3n) is 2.13. The Morgan fingerprint density at radius 3 is 2.00 bits per heavy atom. The third-order valence-corrected chi connectivity index (χ3v) is 2.13. The highest BCUT2D eigenvalue weighted by Gasteiger charge is 2.20. The zero-order valence-corrected chi connectivity index (χ0v) is 7.72. The number of carbonyl (C=O) groups is 1. The number of rotatable bonds is 3. The van der Waals surface area contributed by atoms with Crippen molar-refractivity contribution in [2.24, 2.45) is 17.8 Å². The molecule has 1 nitrogen and oxygen atoms in total. The van der Waals surface area contributed by atoms with Gasteiger partial charge in [0.05, 0.1) is 5.92 Å². The molecule has 1 heteroatoms. The lowest BCUT2D eigenvalue weighted by Crippen LogP contribution is -2.22. The first-order valence-corrected chi connectivity index (χ1v) is 4.00. The van der Waals surface area contributed by atoms with E-state index in [1.807, 2.05) is 20.8 Å². The van der Waals surface area contributed by atoms with Crippen molar-refractivity contribution in [3.63, 3.8) is 0 Å². The number of ketones is 1. The quantitative estimate of drug-likeness (QED) is 0.566. The van der Waals surface area contributed by atoms with Gasteiger partial charge in [-0.05, 0) is 12.8 Å². The Morgan fingerprint density at radius 1 is 1.27 bits per heavy atom. The maximum Gasteiger partial charge on any atom is 0.150 e. The van der Waals surface area contributed by atoms with Gasteiger partial charge in [0.25, 0.3) is 0 Å². The van der Waals surface area contributed by atoms with Crippen molar-refractivity contribution < 1.29 is 4.79 Å². The van der Waals surface area contributed by atoms with Gasteiger partial charge in [-0.3, -0.25) is 4.79 Å². The van der Waals surface area contributed by atoms with Crippen molar-refractivity contribution in [3.05, 3.63) is 0 Å². The molecule has 0 amide bonds. The lowest BCUT2D eigenvalue weighted by atomic mass is 9.88. The van der Waals surface area contributed by atoms with Gasteiger partial charge in [0.15, 0.2) is 5.78 Å². The minimum absolute atomic E-state index is 0.0843. The molecule has 0 saturated carbocycles. The summed E-state index contributed by atoms with van der Waals surface area (Å²) in [6.07, 6.45) is 5.14. The van der Waals surface area contributed by atoms with Crippen molar-refractivity contribution in [1.29, 1.82) is 0 Å². The third kappa shape index (κ3) is 2.76. The van der Waals surface area contributed by atoms with E-state index in [1.54, 1.807) is 6.92 Å². The molecule has 0 rings (SSSR count). The summed E-state index contributed by atoms with van der Waals surface area (Å²) in [5.41, 5.74) is 0. The predicted octanol–water partition coefficient (Wildman–Crippen LogP) is 2.12. The van der Waals surface area contributed by atoms with Crippen LogP contribution in [-0.4, -0.2) is 5.78 Å². The van der Waals surface area contributed by atoms with E-state index in [4.69, 9.17) is 6.42 Å². The first-order valence-electron chi connectivity index (χ1n) is 4.00. The molecule has 0 aliphatic heterocycles. The fourth-order valence-electron chi connectivity index (χ4n) is 0.805. The van der Waals surface area contributed by atoms with Gasteiger partial charge in [0.2, 0.25) is 0 Å². The first kappa shape index (κ1) is 10.2. The molecule has 11 heavy (non-hydrogen) atoms. The number of terminal acetylenes is 1. The zero-order chi connectivity index (χ0) is 9.02. The lowest BCUT2D eigenvalue weighted by molar-refractivity contribution is -0.125. The minimum Gasteiger partial charge on any atom is -0.298 e. The van der Waals surface area contributed by atoms with Gasteiger partial charge in [0.1, 0.15) is 0 Å². The molecule has 0 bridgehead atoms. The van der Waals surface area contributed by atoms with E-state index < -0.39 is 0 Å². The zero-order valence-electron chi connectivity index (χ0n) is 7.72. The van der Waals surface area contributed by atoms with Crippen molar-refractivity contribution in [2.75, 3.05) is 0 Å². The van der Waals surface area contributed by atoms with Crippen LogP contribution >= 0.6 is 0 Å². The molecule has 0 aliphatic rings. The van der Waals surface area contributed by atoms with Crippen molar-refractivity contribution in [3.8, 4) is 12.3 Å². The van der Waals surface area contributed by atoms with Gasteiger partial charge >= 0.3 is 0 Å². The van der Waals surface area contributed by atoms with Crippen molar-refractivity contribution >= 4 is 5.78 Å². The fraction of sp³-hybridized carbons (Fsp3) is 0.700. The molecule has 0 aliphatic carbocycles. The van der Waals surface area contributed by atoms with Crippen LogP contribution in [0.25, 0.3) is 0 Å². The molecule has 0 aromatic carbocycles. The number of hydrogen-bond acceptors (Lipinski definition) is 1. The summed E-state index contributed by atoms with van der Waals surface area (Å²) in [6.45, 7) is 7.78. The summed E-state index contributed by atoms with van der Waals surface area (Å²) in [7, 11) is 0. The van der Waals surface area contributed by atoms with Crippen LogP contribution in [0.5, 0.6) is 0 Å². The van der Waals surface area contributed by atoms with E-state index in [1.165, 1.54) is 0 Å². The van der Waals surface area contributed by atoms with Crippen LogP contribution in [0.3, 0.4) is 0 Å². The number of carbonyl (C=O) groups excluding carboxylic acids is 1. The SMILES string of the molecule is C#C[C@@H](C)C(=O)[C@H](C)C(C)C. The molecule has 62 valence electrons. The van der Waals surface area contributed by atoms with Gasteiger partial charge in [-0.1, -0.05) is 26.7 Å². The maximum absolute atomic E-state index is 11.4. The Morgan fingerprint density at radius 2 is 1.73 bits per heavy atom. The van der Waals surface area contributed by atoms with Gasteiger partial charge in [0, 0.05) is 5.92 Å². The Labute approximate surface area is 69.2 Å². The van der Waals surface area contributed by atoms with Crippen LogP contribution in [0.1, 0.15) is 27.7 Å². The molecule has 0 fully saturated rings. The predicted molar refractivity (Wildman–Crippen MR) is 47.0 cm³/mol. The van der Waals surface area contributed by atoms with Gasteiger partial charge in [-0.15, -0.1) is 6.42 Å². The van der Waals surface area contributed by atoms with Gasteiger partial charge < -0.3 is 0 Å². The molecule has 0 heterocycles. The van der Waals surface area contributed by atoms with E-state index in [-0.39, 0.29) is 17.6 Å². The second-order valence-corrected chi connectivity index (χ2v) is 3.32. The minimum atomic E-state index is -0.229. The van der Waals surface area contributed by atoms with Gasteiger partial charge in [-0.25, -0.2) is 0 Å². The molecule has 0 radical (unpaired) electrons. The Bertz CT molecular complexity index is 174. The van der Waals surface area contributed by atoms with Crippen LogP contribution in [-0.2, 0) is 4.79 Å². The summed E-state index contributed by atoms with van der Waals surface area (Å²) < 4.78 is 0. The Hall–Kier alpha value is -0.770. The maximum atomic E-state index is 11.4. The summed E-state index contributed by atoms with van der Waals surface area (Å²) in [6, 6.07) is 0. The highest BCUT2D eigenvalue weighted by atomic mass is 16.1. The molecule has 0 saturated heterocycles. The van der Waals surface area contributed by atoms with Crippen LogP contribution in [0.15, 0.2) is 0 Å². The van der Waals surface area contributed by atoms with E-state index in [0.717, 1.165) is 0 Å². The van der Waals surface area contributed by atoms with E-state index in [9.17, 15) is 4.79 Å². The van der Waals surface area contributed by atoms with Crippen LogP contribution in [0, 0.1) is 30.1 Å². The molecular formula is C10H16O. The lowest BCUT2D eigenvalue weighted by Gasteiger charge is -2.15. The van der Waals surface area contributed by atoms with Crippen molar-refractivity contribution in [2.45, 2.75) is 27.7 Å². The molecule has 0 N–H and O–H groups in total. The standard InChI is InChI=1S/C10H16O/c1-6-8(4)10(11)9(5)7(2)3/h1,7-9H,2-5H3/t8-,9-/m1/s1. The normalized spacial score (nSPS) is 15.6.